The number of anilines is 1. The normalized spacial score (nSPS) is 34.0. The van der Waals surface area contributed by atoms with Gasteiger partial charge in [0.25, 0.3) is 0 Å². The van der Waals surface area contributed by atoms with Crippen LogP contribution in [-0.4, -0.2) is 12.2 Å². The van der Waals surface area contributed by atoms with E-state index in [0.717, 1.165) is 18.5 Å². The molecule has 20 heavy (non-hydrogen) atoms. The smallest absolute Gasteiger partial charge is 0.411 e. The molecule has 0 aliphatic heterocycles. The van der Waals surface area contributed by atoms with Gasteiger partial charge in [-0.15, -0.1) is 0 Å². The van der Waals surface area contributed by atoms with E-state index in [4.69, 9.17) is 4.74 Å². The summed E-state index contributed by atoms with van der Waals surface area (Å²) in [7, 11) is 0. The minimum Gasteiger partial charge on any atom is -0.445 e. The largest absolute Gasteiger partial charge is 0.445 e. The van der Waals surface area contributed by atoms with Crippen LogP contribution in [0.2, 0.25) is 0 Å². The van der Waals surface area contributed by atoms with Crippen molar-refractivity contribution >= 4 is 11.8 Å². The van der Waals surface area contributed by atoms with Crippen LogP contribution in [0.25, 0.3) is 0 Å². The first-order chi connectivity index (χ1) is 9.43. The molecule has 3 unspecified atom stereocenters. The second-order valence-corrected chi connectivity index (χ2v) is 7.00. The number of carbonyl (C=O) groups excluding carboxylic acids is 1. The molecule has 1 aromatic carbocycles. The quantitative estimate of drug-likeness (QED) is 0.864. The molecule has 2 aliphatic carbocycles. The molecule has 3 atom stereocenters. The summed E-state index contributed by atoms with van der Waals surface area (Å²) in [5, 5.41) is 2.81. The highest BCUT2D eigenvalue weighted by Gasteiger charge is 2.62. The van der Waals surface area contributed by atoms with Gasteiger partial charge in [-0.25, -0.2) is 4.79 Å². The SMILES string of the molecule is CC1(C)C2CCC1(C)C(OC(=O)Nc1ccccc1)C2. The van der Waals surface area contributed by atoms with Crippen molar-refractivity contribution in [2.45, 2.75) is 46.1 Å². The lowest BCUT2D eigenvalue weighted by Gasteiger charge is -2.38. The van der Waals surface area contributed by atoms with Gasteiger partial charge in [0.05, 0.1) is 0 Å². The van der Waals surface area contributed by atoms with E-state index < -0.39 is 0 Å². The zero-order valence-electron chi connectivity index (χ0n) is 12.5. The Morgan fingerprint density at radius 2 is 1.95 bits per heavy atom. The lowest BCUT2D eigenvalue weighted by molar-refractivity contribution is 0.00148. The molecule has 1 N–H and O–H groups in total. The molecule has 108 valence electrons. The molecular formula is C17H23NO2. The van der Waals surface area contributed by atoms with Gasteiger partial charge in [0.15, 0.2) is 0 Å². The summed E-state index contributed by atoms with van der Waals surface area (Å²) >= 11 is 0. The van der Waals surface area contributed by atoms with Gasteiger partial charge in [0, 0.05) is 11.1 Å². The van der Waals surface area contributed by atoms with Crippen LogP contribution in [0, 0.1) is 16.7 Å². The van der Waals surface area contributed by atoms with Gasteiger partial charge in [-0.05, 0) is 42.7 Å². The molecule has 1 aromatic rings. The van der Waals surface area contributed by atoms with Crippen molar-refractivity contribution in [3.8, 4) is 0 Å². The monoisotopic (exact) mass is 273 g/mol. The van der Waals surface area contributed by atoms with Crippen LogP contribution in [0.5, 0.6) is 0 Å². The predicted octanol–water partition coefficient (Wildman–Crippen LogP) is 4.45. The fourth-order valence-corrected chi connectivity index (χ4v) is 4.11. The second kappa shape index (κ2) is 4.51. The summed E-state index contributed by atoms with van der Waals surface area (Å²) in [6, 6.07) is 9.46. The van der Waals surface area contributed by atoms with Gasteiger partial charge < -0.3 is 4.74 Å². The number of hydrogen-bond acceptors (Lipinski definition) is 2. The first-order valence-electron chi connectivity index (χ1n) is 7.46. The van der Waals surface area contributed by atoms with Crippen molar-refractivity contribution in [3.05, 3.63) is 30.3 Å². The first-order valence-corrected chi connectivity index (χ1v) is 7.46. The molecule has 3 rings (SSSR count). The Bertz CT molecular complexity index is 511. The highest BCUT2D eigenvalue weighted by molar-refractivity contribution is 5.84. The van der Waals surface area contributed by atoms with Gasteiger partial charge in [-0.1, -0.05) is 39.0 Å². The maximum atomic E-state index is 12.1. The lowest BCUT2D eigenvalue weighted by atomic mass is 9.70. The minimum absolute atomic E-state index is 0.0416. The van der Waals surface area contributed by atoms with Crippen molar-refractivity contribution in [1.82, 2.24) is 0 Å². The van der Waals surface area contributed by atoms with Crippen molar-refractivity contribution < 1.29 is 9.53 Å². The van der Waals surface area contributed by atoms with Crippen LogP contribution >= 0.6 is 0 Å². The van der Waals surface area contributed by atoms with Crippen LogP contribution in [0.3, 0.4) is 0 Å². The van der Waals surface area contributed by atoms with E-state index in [1.165, 1.54) is 6.42 Å². The zero-order chi connectivity index (χ0) is 14.4. The van der Waals surface area contributed by atoms with Crippen molar-refractivity contribution in [2.75, 3.05) is 5.32 Å². The van der Waals surface area contributed by atoms with E-state index in [1.54, 1.807) is 0 Å². The molecular weight excluding hydrogens is 250 g/mol. The molecule has 2 fully saturated rings. The standard InChI is InChI=1S/C17H23NO2/c1-16(2)12-9-10-17(16,3)14(11-12)20-15(19)18-13-7-5-4-6-8-13/h4-8,12,14H,9-11H2,1-3H3,(H,18,19). The molecule has 0 heterocycles. The summed E-state index contributed by atoms with van der Waals surface area (Å²) in [4.78, 5) is 12.1. The third-order valence-corrected chi connectivity index (χ3v) is 5.98. The van der Waals surface area contributed by atoms with Crippen LogP contribution in [-0.2, 0) is 4.74 Å². The van der Waals surface area contributed by atoms with E-state index in [9.17, 15) is 4.79 Å². The summed E-state index contributed by atoms with van der Waals surface area (Å²) in [6.45, 7) is 6.92. The molecule has 0 saturated heterocycles. The number of ether oxygens (including phenoxy) is 1. The number of benzene rings is 1. The highest BCUT2D eigenvalue weighted by Crippen LogP contribution is 2.66. The Balaban J connectivity index is 1.66. The topological polar surface area (TPSA) is 38.3 Å². The minimum atomic E-state index is -0.328. The number of hydrogen-bond donors (Lipinski definition) is 1. The van der Waals surface area contributed by atoms with Gasteiger partial charge in [-0.2, -0.15) is 0 Å². The molecule has 3 heteroatoms. The van der Waals surface area contributed by atoms with Crippen LogP contribution in [0.4, 0.5) is 10.5 Å². The fourth-order valence-electron chi connectivity index (χ4n) is 4.11. The summed E-state index contributed by atoms with van der Waals surface area (Å²) in [6.07, 6.45) is 3.15. The number of amides is 1. The number of para-hydroxylation sites is 1. The summed E-state index contributed by atoms with van der Waals surface area (Å²) in [5.41, 5.74) is 1.17. The van der Waals surface area contributed by atoms with Crippen LogP contribution in [0.15, 0.2) is 30.3 Å². The molecule has 2 aliphatic rings. The third kappa shape index (κ3) is 1.91. The molecule has 0 radical (unpaired) electrons. The Kier molecular flexibility index (Phi) is 3.03. The number of carbonyl (C=O) groups is 1. The van der Waals surface area contributed by atoms with Crippen LogP contribution in [0.1, 0.15) is 40.0 Å². The number of rotatable bonds is 2. The first kappa shape index (κ1) is 13.5. The fraction of sp³-hybridized carbons (Fsp3) is 0.588. The highest BCUT2D eigenvalue weighted by atomic mass is 16.6. The molecule has 0 aromatic heterocycles. The average molecular weight is 273 g/mol. The van der Waals surface area contributed by atoms with Crippen molar-refractivity contribution in [3.63, 3.8) is 0 Å². The van der Waals surface area contributed by atoms with Crippen molar-refractivity contribution in [1.29, 1.82) is 0 Å². The maximum Gasteiger partial charge on any atom is 0.411 e. The van der Waals surface area contributed by atoms with Gasteiger partial charge >= 0.3 is 6.09 Å². The lowest BCUT2D eigenvalue weighted by Crippen LogP contribution is -2.39. The third-order valence-electron chi connectivity index (χ3n) is 5.98. The van der Waals surface area contributed by atoms with E-state index >= 15 is 0 Å². The summed E-state index contributed by atoms with van der Waals surface area (Å²) in [5.74, 6) is 0.682. The number of nitrogens with one attached hydrogen (secondary N) is 1. The molecule has 0 spiro atoms. The second-order valence-electron chi connectivity index (χ2n) is 7.00. The van der Waals surface area contributed by atoms with E-state index in [2.05, 4.69) is 26.1 Å². The Morgan fingerprint density at radius 3 is 2.50 bits per heavy atom. The van der Waals surface area contributed by atoms with Crippen LogP contribution < -0.4 is 5.32 Å². The van der Waals surface area contributed by atoms with Crippen molar-refractivity contribution in [2.24, 2.45) is 16.7 Å². The van der Waals surface area contributed by atoms with E-state index in [1.807, 2.05) is 30.3 Å². The van der Waals surface area contributed by atoms with Gasteiger partial charge in [-0.3, -0.25) is 5.32 Å². The Hall–Kier alpha value is -1.51. The molecule has 2 saturated carbocycles. The van der Waals surface area contributed by atoms with E-state index in [0.29, 0.717) is 5.92 Å². The molecule has 3 nitrogen and oxygen atoms in total. The maximum absolute atomic E-state index is 12.1. The van der Waals surface area contributed by atoms with E-state index in [-0.39, 0.29) is 23.0 Å². The average Bonchev–Trinajstić information content (AvgIpc) is 2.73. The predicted molar refractivity (Wildman–Crippen MR) is 79.6 cm³/mol. The zero-order valence-corrected chi connectivity index (χ0v) is 12.5. The molecule has 2 bridgehead atoms. The Labute approximate surface area is 120 Å². The summed E-state index contributed by atoms with van der Waals surface area (Å²) < 4.78 is 5.74. The Morgan fingerprint density at radius 1 is 1.25 bits per heavy atom. The van der Waals surface area contributed by atoms with Gasteiger partial charge in [0.1, 0.15) is 6.10 Å². The molecule has 1 amide bonds. The van der Waals surface area contributed by atoms with Gasteiger partial charge in [0.2, 0.25) is 0 Å². The number of fused-ring (bicyclic) bond motifs is 2.